The van der Waals surface area contributed by atoms with Crippen molar-refractivity contribution >= 4 is 11.6 Å². The standard InChI is InChI=1S/C19H21N3O/c1-14-8-10-16(11-9-14)13-22(3)15(2)19(23)21-18-7-5-4-6-17(18)12-20/h4-11,15H,13H2,1-3H3,(H,21,23)/p+1/t15-/m0/s1. The van der Waals surface area contributed by atoms with E-state index in [1.54, 1.807) is 18.2 Å². The summed E-state index contributed by atoms with van der Waals surface area (Å²) >= 11 is 0. The number of anilines is 1. The fourth-order valence-corrected chi connectivity index (χ4v) is 2.34. The molecule has 0 aliphatic heterocycles. The first-order valence-corrected chi connectivity index (χ1v) is 7.69. The van der Waals surface area contributed by atoms with E-state index in [1.165, 1.54) is 11.1 Å². The van der Waals surface area contributed by atoms with Crippen molar-refractivity contribution in [3.05, 3.63) is 65.2 Å². The molecule has 0 radical (unpaired) electrons. The van der Waals surface area contributed by atoms with Gasteiger partial charge in [-0.25, -0.2) is 0 Å². The van der Waals surface area contributed by atoms with Crippen LogP contribution >= 0.6 is 0 Å². The van der Waals surface area contributed by atoms with Crippen LogP contribution in [0.5, 0.6) is 0 Å². The van der Waals surface area contributed by atoms with Gasteiger partial charge in [-0.05, 0) is 26.0 Å². The van der Waals surface area contributed by atoms with Crippen LogP contribution in [-0.4, -0.2) is 19.0 Å². The molecule has 2 N–H and O–H groups in total. The van der Waals surface area contributed by atoms with Crippen molar-refractivity contribution in [2.24, 2.45) is 0 Å². The van der Waals surface area contributed by atoms with Crippen LogP contribution in [0.25, 0.3) is 0 Å². The average Bonchev–Trinajstić information content (AvgIpc) is 2.56. The monoisotopic (exact) mass is 308 g/mol. The molecule has 0 saturated heterocycles. The molecule has 0 bridgehead atoms. The zero-order chi connectivity index (χ0) is 16.8. The number of hydrogen-bond donors (Lipinski definition) is 2. The fourth-order valence-electron chi connectivity index (χ4n) is 2.34. The second-order valence-electron chi connectivity index (χ2n) is 5.88. The van der Waals surface area contributed by atoms with Gasteiger partial charge in [-0.3, -0.25) is 4.79 Å². The van der Waals surface area contributed by atoms with E-state index in [4.69, 9.17) is 5.26 Å². The Labute approximate surface area is 137 Å². The number of carbonyl (C=O) groups excluding carboxylic acids is 1. The molecular weight excluding hydrogens is 286 g/mol. The van der Waals surface area contributed by atoms with Gasteiger partial charge in [-0.2, -0.15) is 5.26 Å². The zero-order valence-corrected chi connectivity index (χ0v) is 13.8. The molecule has 2 aromatic carbocycles. The molecule has 0 aliphatic carbocycles. The summed E-state index contributed by atoms with van der Waals surface area (Å²) in [5, 5.41) is 11.9. The number of carbonyl (C=O) groups is 1. The Morgan fingerprint density at radius 1 is 1.22 bits per heavy atom. The van der Waals surface area contributed by atoms with Gasteiger partial charge in [0.1, 0.15) is 12.6 Å². The van der Waals surface area contributed by atoms with E-state index >= 15 is 0 Å². The van der Waals surface area contributed by atoms with E-state index in [9.17, 15) is 4.79 Å². The van der Waals surface area contributed by atoms with E-state index in [2.05, 4.69) is 42.6 Å². The van der Waals surface area contributed by atoms with Gasteiger partial charge in [0.25, 0.3) is 5.91 Å². The average molecular weight is 308 g/mol. The number of quaternary nitrogens is 1. The lowest BCUT2D eigenvalue weighted by molar-refractivity contribution is -0.907. The van der Waals surface area contributed by atoms with Gasteiger partial charge in [0.15, 0.2) is 6.04 Å². The van der Waals surface area contributed by atoms with Crippen LogP contribution < -0.4 is 10.2 Å². The molecule has 4 nitrogen and oxygen atoms in total. The molecule has 1 unspecified atom stereocenters. The lowest BCUT2D eigenvalue weighted by Gasteiger charge is -2.21. The third-order valence-electron chi connectivity index (χ3n) is 4.04. The molecule has 0 aromatic heterocycles. The minimum atomic E-state index is -0.219. The predicted octanol–water partition coefficient (Wildman–Crippen LogP) is 1.91. The summed E-state index contributed by atoms with van der Waals surface area (Å²) in [5.74, 6) is -0.0858. The first-order valence-electron chi connectivity index (χ1n) is 7.69. The third kappa shape index (κ3) is 4.41. The highest BCUT2D eigenvalue weighted by Gasteiger charge is 2.22. The lowest BCUT2D eigenvalue weighted by Crippen LogP contribution is -3.12. The SMILES string of the molecule is Cc1ccc(C[NH+](C)[C@@H](C)C(=O)Nc2ccccc2C#N)cc1. The number of nitrogens with zero attached hydrogens (tertiary/aromatic N) is 1. The summed E-state index contributed by atoms with van der Waals surface area (Å²) in [6, 6.07) is 17.3. The highest BCUT2D eigenvalue weighted by molar-refractivity contribution is 5.94. The molecule has 2 atom stereocenters. The van der Waals surface area contributed by atoms with E-state index in [0.717, 1.165) is 11.4 Å². The van der Waals surface area contributed by atoms with E-state index < -0.39 is 0 Å². The van der Waals surface area contributed by atoms with E-state index in [0.29, 0.717) is 11.3 Å². The quantitative estimate of drug-likeness (QED) is 0.886. The third-order valence-corrected chi connectivity index (χ3v) is 4.04. The zero-order valence-electron chi connectivity index (χ0n) is 13.8. The summed E-state index contributed by atoms with van der Waals surface area (Å²) in [5.41, 5.74) is 3.47. The molecule has 2 aromatic rings. The van der Waals surface area contributed by atoms with Crippen molar-refractivity contribution in [2.45, 2.75) is 26.4 Å². The maximum absolute atomic E-state index is 12.4. The van der Waals surface area contributed by atoms with E-state index in [1.807, 2.05) is 20.0 Å². The molecular formula is C19H22N3O+. The van der Waals surface area contributed by atoms with Crippen molar-refractivity contribution < 1.29 is 9.69 Å². The van der Waals surface area contributed by atoms with Gasteiger partial charge in [-0.1, -0.05) is 42.0 Å². The Bertz CT molecular complexity index is 716. The van der Waals surface area contributed by atoms with Crippen molar-refractivity contribution in [1.29, 1.82) is 5.26 Å². The molecule has 0 heterocycles. The molecule has 0 saturated carbocycles. The molecule has 2 rings (SSSR count). The van der Waals surface area contributed by atoms with Crippen LogP contribution in [-0.2, 0) is 11.3 Å². The van der Waals surface area contributed by atoms with Crippen molar-refractivity contribution in [3.63, 3.8) is 0 Å². The maximum Gasteiger partial charge on any atom is 0.282 e. The fraction of sp³-hybridized carbons (Fsp3) is 0.263. The highest BCUT2D eigenvalue weighted by Crippen LogP contribution is 2.13. The summed E-state index contributed by atoms with van der Waals surface area (Å²) in [6.07, 6.45) is 0. The number of benzene rings is 2. The summed E-state index contributed by atoms with van der Waals surface area (Å²) in [6.45, 7) is 4.73. The molecule has 118 valence electrons. The minimum absolute atomic E-state index is 0.0858. The van der Waals surface area contributed by atoms with Crippen LogP contribution in [0.3, 0.4) is 0 Å². The van der Waals surface area contributed by atoms with Crippen LogP contribution in [0.4, 0.5) is 5.69 Å². The van der Waals surface area contributed by atoms with Gasteiger partial charge < -0.3 is 10.2 Å². The van der Waals surface area contributed by atoms with Crippen LogP contribution in [0.15, 0.2) is 48.5 Å². The number of amides is 1. The lowest BCUT2D eigenvalue weighted by atomic mass is 10.1. The van der Waals surface area contributed by atoms with Gasteiger partial charge in [0, 0.05) is 5.56 Å². The predicted molar refractivity (Wildman–Crippen MR) is 91.0 cm³/mol. The largest absolute Gasteiger partial charge is 0.324 e. The summed E-state index contributed by atoms with van der Waals surface area (Å²) < 4.78 is 0. The van der Waals surface area contributed by atoms with E-state index in [-0.39, 0.29) is 11.9 Å². The Balaban J connectivity index is 2.01. The number of aryl methyl sites for hydroxylation is 1. The Morgan fingerprint density at radius 3 is 2.52 bits per heavy atom. The van der Waals surface area contributed by atoms with Crippen LogP contribution in [0.1, 0.15) is 23.6 Å². The van der Waals surface area contributed by atoms with Crippen molar-refractivity contribution in [2.75, 3.05) is 12.4 Å². The smallest absolute Gasteiger partial charge is 0.282 e. The summed E-state index contributed by atoms with van der Waals surface area (Å²) in [7, 11) is 2.00. The van der Waals surface area contributed by atoms with Crippen molar-refractivity contribution in [1.82, 2.24) is 0 Å². The maximum atomic E-state index is 12.4. The molecule has 4 heteroatoms. The van der Waals surface area contributed by atoms with Gasteiger partial charge in [0.2, 0.25) is 0 Å². The van der Waals surface area contributed by atoms with Gasteiger partial charge >= 0.3 is 0 Å². The Morgan fingerprint density at radius 2 is 1.87 bits per heavy atom. The normalized spacial score (nSPS) is 13.0. The molecule has 23 heavy (non-hydrogen) atoms. The highest BCUT2D eigenvalue weighted by atomic mass is 16.2. The van der Waals surface area contributed by atoms with Crippen LogP contribution in [0.2, 0.25) is 0 Å². The summed E-state index contributed by atoms with van der Waals surface area (Å²) in [4.78, 5) is 13.5. The Hall–Kier alpha value is -2.64. The van der Waals surface area contributed by atoms with Crippen molar-refractivity contribution in [3.8, 4) is 6.07 Å². The van der Waals surface area contributed by atoms with Gasteiger partial charge in [0.05, 0.1) is 18.3 Å². The molecule has 0 spiro atoms. The number of rotatable bonds is 5. The first kappa shape index (κ1) is 16.7. The Kier molecular flexibility index (Phi) is 5.51. The number of hydrogen-bond acceptors (Lipinski definition) is 2. The van der Waals surface area contributed by atoms with Crippen LogP contribution in [0, 0.1) is 18.3 Å². The molecule has 0 fully saturated rings. The number of likely N-dealkylation sites (N-methyl/N-ethyl adjacent to an activating group) is 1. The second-order valence-corrected chi connectivity index (χ2v) is 5.88. The second kappa shape index (κ2) is 7.57. The number of nitriles is 1. The molecule has 1 amide bonds. The number of para-hydroxylation sites is 1. The minimum Gasteiger partial charge on any atom is -0.324 e. The topological polar surface area (TPSA) is 57.3 Å². The first-order chi connectivity index (χ1) is 11.0. The van der Waals surface area contributed by atoms with Gasteiger partial charge in [-0.15, -0.1) is 0 Å². The molecule has 0 aliphatic rings. The number of nitrogens with one attached hydrogen (secondary N) is 2.